The lowest BCUT2D eigenvalue weighted by Gasteiger charge is -2.34. The van der Waals surface area contributed by atoms with Gasteiger partial charge in [-0.05, 0) is 31.9 Å². The van der Waals surface area contributed by atoms with Crippen molar-refractivity contribution < 1.29 is 9.30 Å². The van der Waals surface area contributed by atoms with Crippen LogP contribution in [0.15, 0.2) is 54.9 Å². The van der Waals surface area contributed by atoms with Crippen molar-refractivity contribution in [1.82, 2.24) is 0 Å². The summed E-state index contributed by atoms with van der Waals surface area (Å²) in [5.74, 6) is 0. The number of anilines is 1. The Balaban J connectivity index is 1.90. The number of aromatic nitrogens is 1. The van der Waals surface area contributed by atoms with Crippen LogP contribution in [0.2, 0.25) is 0 Å². The Labute approximate surface area is 126 Å². The van der Waals surface area contributed by atoms with Gasteiger partial charge in [0.1, 0.15) is 18.5 Å². The molecule has 3 heteroatoms. The van der Waals surface area contributed by atoms with Crippen LogP contribution in [0.5, 0.6) is 0 Å². The van der Waals surface area contributed by atoms with Crippen LogP contribution in [0.1, 0.15) is 19.4 Å². The number of pyridine rings is 1. The van der Waals surface area contributed by atoms with Crippen LogP contribution in [0.3, 0.4) is 0 Å². The van der Waals surface area contributed by atoms with E-state index in [1.54, 1.807) is 0 Å². The van der Waals surface area contributed by atoms with Crippen molar-refractivity contribution in [2.45, 2.75) is 32.0 Å². The number of ether oxygens (including phenoxy) is 1. The predicted octanol–water partition coefficient (Wildman–Crippen LogP) is 2.70. The summed E-state index contributed by atoms with van der Waals surface area (Å²) in [5.41, 5.74) is 2.30. The van der Waals surface area contributed by atoms with Gasteiger partial charge in [0, 0.05) is 6.07 Å². The molecule has 3 nitrogen and oxygen atoms in total. The largest absolute Gasteiger partial charge is 0.354 e. The molecule has 1 aromatic carbocycles. The summed E-state index contributed by atoms with van der Waals surface area (Å²) < 4.78 is 8.14. The molecule has 21 heavy (non-hydrogen) atoms. The highest BCUT2D eigenvalue weighted by Crippen LogP contribution is 2.33. The summed E-state index contributed by atoms with van der Waals surface area (Å²) in [6, 6.07) is 15.3. The SMILES string of the molecule is C[n+]1cccc(N2[C@@H](Cc3ccccc3)COC2(C)C)c1. The fourth-order valence-electron chi connectivity index (χ4n) is 3.16. The molecule has 0 aliphatic carbocycles. The van der Waals surface area contributed by atoms with Crippen molar-refractivity contribution in [2.24, 2.45) is 7.05 Å². The third-order valence-corrected chi connectivity index (χ3v) is 4.09. The monoisotopic (exact) mass is 283 g/mol. The molecule has 0 bridgehead atoms. The van der Waals surface area contributed by atoms with Gasteiger partial charge in [-0.15, -0.1) is 0 Å². The second kappa shape index (κ2) is 5.49. The van der Waals surface area contributed by atoms with E-state index in [9.17, 15) is 0 Å². The van der Waals surface area contributed by atoms with Gasteiger partial charge < -0.3 is 9.64 Å². The molecule has 0 unspecified atom stereocenters. The van der Waals surface area contributed by atoms with Crippen molar-refractivity contribution in [1.29, 1.82) is 0 Å². The van der Waals surface area contributed by atoms with Crippen molar-refractivity contribution in [3.8, 4) is 0 Å². The molecule has 110 valence electrons. The van der Waals surface area contributed by atoms with Crippen LogP contribution in [0.4, 0.5) is 5.69 Å². The van der Waals surface area contributed by atoms with Crippen LogP contribution >= 0.6 is 0 Å². The van der Waals surface area contributed by atoms with Gasteiger partial charge >= 0.3 is 0 Å². The van der Waals surface area contributed by atoms with Crippen LogP contribution in [-0.2, 0) is 18.2 Å². The zero-order valence-corrected chi connectivity index (χ0v) is 13.0. The molecule has 1 fully saturated rings. The summed E-state index contributed by atoms with van der Waals surface area (Å²) in [4.78, 5) is 2.40. The van der Waals surface area contributed by atoms with Gasteiger partial charge in [-0.3, -0.25) is 0 Å². The third kappa shape index (κ3) is 2.93. The van der Waals surface area contributed by atoms with Crippen LogP contribution in [0.25, 0.3) is 0 Å². The Bertz CT molecular complexity index is 610. The van der Waals surface area contributed by atoms with Crippen molar-refractivity contribution in [3.05, 3.63) is 60.4 Å². The number of aryl methyl sites for hydroxylation is 1. The van der Waals surface area contributed by atoms with E-state index in [4.69, 9.17) is 4.74 Å². The van der Waals surface area contributed by atoms with Crippen LogP contribution < -0.4 is 9.47 Å². The van der Waals surface area contributed by atoms with E-state index >= 15 is 0 Å². The van der Waals surface area contributed by atoms with E-state index in [1.165, 1.54) is 11.3 Å². The first kappa shape index (κ1) is 14.1. The molecule has 0 saturated carbocycles. The zero-order chi connectivity index (χ0) is 14.9. The molecule has 1 aromatic heterocycles. The minimum Gasteiger partial charge on any atom is -0.354 e. The summed E-state index contributed by atoms with van der Waals surface area (Å²) >= 11 is 0. The molecule has 1 aliphatic rings. The fraction of sp³-hybridized carbons (Fsp3) is 0.389. The van der Waals surface area contributed by atoms with E-state index in [1.807, 2.05) is 0 Å². The van der Waals surface area contributed by atoms with E-state index in [-0.39, 0.29) is 5.72 Å². The fourth-order valence-corrected chi connectivity index (χ4v) is 3.16. The van der Waals surface area contributed by atoms with Crippen LogP contribution in [0, 0.1) is 0 Å². The molecule has 0 radical (unpaired) electrons. The van der Waals surface area contributed by atoms with Gasteiger partial charge in [-0.2, -0.15) is 0 Å². The molecule has 0 N–H and O–H groups in total. The van der Waals surface area contributed by atoms with E-state index in [2.05, 4.69) is 85.2 Å². The Hall–Kier alpha value is -1.87. The maximum atomic E-state index is 6.05. The van der Waals surface area contributed by atoms with Gasteiger partial charge in [0.15, 0.2) is 12.4 Å². The number of hydrogen-bond donors (Lipinski definition) is 0. The Morgan fingerprint density at radius 2 is 1.95 bits per heavy atom. The lowest BCUT2D eigenvalue weighted by molar-refractivity contribution is -0.671. The summed E-state index contributed by atoms with van der Waals surface area (Å²) in [6.07, 6.45) is 5.22. The highest BCUT2D eigenvalue weighted by Gasteiger charge is 2.41. The van der Waals surface area contributed by atoms with Gasteiger partial charge in [-0.1, -0.05) is 30.3 Å². The lowest BCUT2D eigenvalue weighted by Crippen LogP contribution is -2.46. The molecule has 1 saturated heterocycles. The van der Waals surface area contributed by atoms with Crippen LogP contribution in [-0.4, -0.2) is 18.4 Å². The van der Waals surface area contributed by atoms with Gasteiger partial charge in [0.2, 0.25) is 0 Å². The normalized spacial score (nSPS) is 20.7. The summed E-state index contributed by atoms with van der Waals surface area (Å²) in [5, 5.41) is 0. The molecule has 2 aromatic rings. The average molecular weight is 283 g/mol. The molecule has 3 rings (SSSR count). The van der Waals surface area contributed by atoms with Gasteiger partial charge in [-0.25, -0.2) is 4.57 Å². The maximum absolute atomic E-state index is 6.05. The van der Waals surface area contributed by atoms with Gasteiger partial charge in [0.05, 0.1) is 12.6 Å². The first-order valence-corrected chi connectivity index (χ1v) is 7.49. The molecule has 1 atom stereocenters. The van der Waals surface area contributed by atoms with Gasteiger partial charge in [0.25, 0.3) is 0 Å². The lowest BCUT2D eigenvalue weighted by atomic mass is 10.0. The number of rotatable bonds is 3. The number of hydrogen-bond acceptors (Lipinski definition) is 2. The van der Waals surface area contributed by atoms with Crippen molar-refractivity contribution >= 4 is 5.69 Å². The van der Waals surface area contributed by atoms with Crippen molar-refractivity contribution in [2.75, 3.05) is 11.5 Å². The predicted molar refractivity (Wildman–Crippen MR) is 84.1 cm³/mol. The smallest absolute Gasteiger partial charge is 0.192 e. The Morgan fingerprint density at radius 3 is 2.67 bits per heavy atom. The number of nitrogens with zero attached hydrogens (tertiary/aromatic N) is 2. The highest BCUT2D eigenvalue weighted by molar-refractivity contribution is 5.47. The minimum absolute atomic E-state index is 0.270. The standard InChI is InChI=1S/C18H23N2O/c1-18(2)20(16-10-7-11-19(3)13-16)17(14-21-18)12-15-8-5-4-6-9-15/h4-11,13,17H,12,14H2,1-3H3/q+1/t17-/m0/s1. The second-order valence-corrected chi connectivity index (χ2v) is 6.20. The zero-order valence-electron chi connectivity index (χ0n) is 13.0. The third-order valence-electron chi connectivity index (χ3n) is 4.09. The maximum Gasteiger partial charge on any atom is 0.192 e. The summed E-state index contributed by atoms with van der Waals surface area (Å²) in [7, 11) is 2.06. The topological polar surface area (TPSA) is 16.4 Å². The van der Waals surface area contributed by atoms with E-state index in [0.29, 0.717) is 6.04 Å². The first-order valence-electron chi connectivity index (χ1n) is 7.49. The molecular weight excluding hydrogens is 260 g/mol. The molecular formula is C18H23N2O+. The molecule has 1 aliphatic heterocycles. The summed E-state index contributed by atoms with van der Waals surface area (Å²) in [6.45, 7) is 5.05. The number of benzene rings is 1. The molecule has 2 heterocycles. The van der Waals surface area contributed by atoms with E-state index < -0.39 is 0 Å². The molecule has 0 amide bonds. The first-order chi connectivity index (χ1) is 10.1. The van der Waals surface area contributed by atoms with E-state index in [0.717, 1.165) is 13.0 Å². The average Bonchev–Trinajstić information content (AvgIpc) is 2.75. The minimum atomic E-state index is -0.270. The molecule has 0 spiro atoms. The second-order valence-electron chi connectivity index (χ2n) is 6.20. The Morgan fingerprint density at radius 1 is 1.19 bits per heavy atom. The Kier molecular flexibility index (Phi) is 3.68. The highest BCUT2D eigenvalue weighted by atomic mass is 16.5. The quantitative estimate of drug-likeness (QED) is 0.805. The van der Waals surface area contributed by atoms with Crippen molar-refractivity contribution in [3.63, 3.8) is 0 Å².